The lowest BCUT2D eigenvalue weighted by molar-refractivity contribution is -0.150. The molecule has 0 saturated heterocycles. The van der Waals surface area contributed by atoms with Gasteiger partial charge in [-0.1, -0.05) is 39.2 Å². The van der Waals surface area contributed by atoms with Gasteiger partial charge in [0.2, 0.25) is 0 Å². The minimum Gasteiger partial charge on any atom is -0.465 e. The van der Waals surface area contributed by atoms with Crippen molar-refractivity contribution in [3.63, 3.8) is 0 Å². The van der Waals surface area contributed by atoms with Crippen molar-refractivity contribution in [2.75, 3.05) is 13.2 Å². The van der Waals surface area contributed by atoms with Crippen LogP contribution in [0, 0.1) is 23.7 Å². The van der Waals surface area contributed by atoms with Crippen molar-refractivity contribution in [2.45, 2.75) is 104 Å². The van der Waals surface area contributed by atoms with E-state index in [4.69, 9.17) is 9.47 Å². The minimum absolute atomic E-state index is 0.0236. The molecular formula is C26H44O4. The summed E-state index contributed by atoms with van der Waals surface area (Å²) in [6.45, 7) is 8.48. The monoisotopic (exact) mass is 420 g/mol. The number of rotatable bonds is 12. The molecule has 0 aromatic carbocycles. The molecule has 0 bridgehead atoms. The first-order valence-electron chi connectivity index (χ1n) is 12.5. The van der Waals surface area contributed by atoms with Crippen molar-refractivity contribution in [1.82, 2.24) is 0 Å². The number of carbonyl (C=O) groups is 2. The molecule has 0 aliphatic heterocycles. The predicted molar refractivity (Wildman–Crippen MR) is 121 cm³/mol. The first-order valence-corrected chi connectivity index (χ1v) is 12.5. The summed E-state index contributed by atoms with van der Waals surface area (Å²) in [5.74, 6) is 2.56. The summed E-state index contributed by atoms with van der Waals surface area (Å²) < 4.78 is 10.6. The topological polar surface area (TPSA) is 52.6 Å². The van der Waals surface area contributed by atoms with Crippen LogP contribution in [0.4, 0.5) is 0 Å². The van der Waals surface area contributed by atoms with Crippen molar-refractivity contribution in [3.8, 4) is 0 Å². The Hall–Kier alpha value is -1.32. The SMILES string of the molecule is C=C(C)C(=O)OCCCCCCOC(=O)C1CCC(C2CCC(CCC)CC2)CC1. The Morgan fingerprint density at radius 1 is 0.800 bits per heavy atom. The van der Waals surface area contributed by atoms with Gasteiger partial charge < -0.3 is 9.47 Å². The summed E-state index contributed by atoms with van der Waals surface area (Å²) >= 11 is 0. The molecule has 30 heavy (non-hydrogen) atoms. The molecule has 4 nitrogen and oxygen atoms in total. The second kappa shape index (κ2) is 13.9. The molecular weight excluding hydrogens is 376 g/mol. The first kappa shape index (κ1) is 24.9. The van der Waals surface area contributed by atoms with Crippen LogP contribution in [-0.4, -0.2) is 25.2 Å². The molecule has 2 fully saturated rings. The number of ether oxygens (including phenoxy) is 2. The van der Waals surface area contributed by atoms with E-state index in [1.54, 1.807) is 6.92 Å². The van der Waals surface area contributed by atoms with Gasteiger partial charge in [0.15, 0.2) is 0 Å². The highest BCUT2D eigenvalue weighted by atomic mass is 16.5. The van der Waals surface area contributed by atoms with Crippen LogP contribution in [0.25, 0.3) is 0 Å². The molecule has 0 aromatic heterocycles. The molecule has 2 saturated carbocycles. The van der Waals surface area contributed by atoms with Crippen molar-refractivity contribution < 1.29 is 19.1 Å². The van der Waals surface area contributed by atoms with Gasteiger partial charge in [0.25, 0.3) is 0 Å². The average molecular weight is 421 g/mol. The lowest BCUT2D eigenvalue weighted by Crippen LogP contribution is -2.29. The number of hydrogen-bond acceptors (Lipinski definition) is 4. The highest BCUT2D eigenvalue weighted by molar-refractivity contribution is 5.86. The second-order valence-corrected chi connectivity index (χ2v) is 9.68. The van der Waals surface area contributed by atoms with E-state index in [0.29, 0.717) is 18.8 Å². The molecule has 0 amide bonds. The van der Waals surface area contributed by atoms with Crippen LogP contribution in [0.5, 0.6) is 0 Å². The number of esters is 2. The summed E-state index contributed by atoms with van der Waals surface area (Å²) in [6.07, 6.45) is 16.6. The predicted octanol–water partition coefficient (Wildman–Crippen LogP) is 6.62. The van der Waals surface area contributed by atoms with Crippen LogP contribution in [-0.2, 0) is 19.1 Å². The normalized spacial score (nSPS) is 26.7. The quantitative estimate of drug-likeness (QED) is 0.202. The summed E-state index contributed by atoms with van der Waals surface area (Å²) in [7, 11) is 0. The Labute approximate surface area is 184 Å². The van der Waals surface area contributed by atoms with Gasteiger partial charge in [-0.25, -0.2) is 4.79 Å². The molecule has 0 heterocycles. The molecule has 2 aliphatic carbocycles. The molecule has 0 atom stereocenters. The maximum Gasteiger partial charge on any atom is 0.333 e. The second-order valence-electron chi connectivity index (χ2n) is 9.68. The lowest BCUT2D eigenvalue weighted by atomic mass is 9.69. The average Bonchev–Trinajstić information content (AvgIpc) is 2.76. The molecule has 0 unspecified atom stereocenters. The van der Waals surface area contributed by atoms with Crippen molar-refractivity contribution in [2.24, 2.45) is 23.7 Å². The molecule has 2 aliphatic rings. The number of hydrogen-bond donors (Lipinski definition) is 0. The van der Waals surface area contributed by atoms with Gasteiger partial charge in [-0.2, -0.15) is 0 Å². The summed E-state index contributed by atoms with van der Waals surface area (Å²) in [4.78, 5) is 23.7. The molecule has 4 heteroatoms. The molecule has 0 radical (unpaired) electrons. The van der Waals surface area contributed by atoms with Gasteiger partial charge in [0, 0.05) is 5.57 Å². The lowest BCUT2D eigenvalue weighted by Gasteiger charge is -2.37. The Morgan fingerprint density at radius 2 is 1.33 bits per heavy atom. The Balaban J connectivity index is 1.49. The van der Waals surface area contributed by atoms with E-state index in [2.05, 4.69) is 13.5 Å². The fourth-order valence-electron chi connectivity index (χ4n) is 5.32. The highest BCUT2D eigenvalue weighted by Gasteiger charge is 2.33. The fraction of sp³-hybridized carbons (Fsp3) is 0.846. The van der Waals surface area contributed by atoms with Gasteiger partial charge in [-0.3, -0.25) is 4.79 Å². The third kappa shape index (κ3) is 8.81. The van der Waals surface area contributed by atoms with Crippen LogP contribution < -0.4 is 0 Å². The van der Waals surface area contributed by atoms with E-state index < -0.39 is 0 Å². The summed E-state index contributed by atoms with van der Waals surface area (Å²) in [6, 6.07) is 0. The van der Waals surface area contributed by atoms with Crippen molar-refractivity contribution in [1.29, 1.82) is 0 Å². The van der Waals surface area contributed by atoms with Gasteiger partial charge >= 0.3 is 11.9 Å². The minimum atomic E-state index is -0.317. The third-order valence-corrected chi connectivity index (χ3v) is 7.22. The number of carbonyl (C=O) groups excluding carboxylic acids is 2. The fourth-order valence-corrected chi connectivity index (χ4v) is 5.32. The van der Waals surface area contributed by atoms with Crippen LogP contribution in [0.2, 0.25) is 0 Å². The zero-order valence-corrected chi connectivity index (χ0v) is 19.5. The first-order chi connectivity index (χ1) is 14.5. The van der Waals surface area contributed by atoms with E-state index in [9.17, 15) is 9.59 Å². The molecule has 0 N–H and O–H groups in total. The van der Waals surface area contributed by atoms with Crippen LogP contribution in [0.15, 0.2) is 12.2 Å². The highest BCUT2D eigenvalue weighted by Crippen LogP contribution is 2.42. The van der Waals surface area contributed by atoms with E-state index in [0.717, 1.165) is 56.3 Å². The van der Waals surface area contributed by atoms with Gasteiger partial charge in [-0.15, -0.1) is 0 Å². The van der Waals surface area contributed by atoms with Crippen LogP contribution in [0.1, 0.15) is 104 Å². The Morgan fingerprint density at radius 3 is 1.87 bits per heavy atom. The smallest absolute Gasteiger partial charge is 0.333 e. The van der Waals surface area contributed by atoms with E-state index >= 15 is 0 Å². The van der Waals surface area contributed by atoms with E-state index in [1.807, 2.05) is 0 Å². The third-order valence-electron chi connectivity index (χ3n) is 7.22. The Bertz CT molecular complexity index is 525. The maximum absolute atomic E-state index is 12.4. The standard InChI is InChI=1S/C26H44O4/c1-4-9-21-10-12-22(13-11-21)23-14-16-24(17-15-23)26(28)30-19-8-6-5-7-18-29-25(27)20(2)3/h21-24H,2,4-19H2,1,3H3. The van der Waals surface area contributed by atoms with E-state index in [-0.39, 0.29) is 17.9 Å². The van der Waals surface area contributed by atoms with Crippen LogP contribution >= 0.6 is 0 Å². The Kier molecular flexibility index (Phi) is 11.5. The summed E-state index contributed by atoms with van der Waals surface area (Å²) in [5, 5.41) is 0. The van der Waals surface area contributed by atoms with Crippen LogP contribution in [0.3, 0.4) is 0 Å². The van der Waals surface area contributed by atoms with Crippen molar-refractivity contribution in [3.05, 3.63) is 12.2 Å². The number of unbranched alkanes of at least 4 members (excludes halogenated alkanes) is 3. The van der Waals surface area contributed by atoms with Gasteiger partial charge in [0.1, 0.15) is 0 Å². The zero-order chi connectivity index (χ0) is 21.8. The maximum atomic E-state index is 12.4. The van der Waals surface area contributed by atoms with Crippen molar-refractivity contribution >= 4 is 11.9 Å². The molecule has 0 aromatic rings. The molecule has 2 rings (SSSR count). The molecule has 0 spiro atoms. The molecule has 172 valence electrons. The summed E-state index contributed by atoms with van der Waals surface area (Å²) in [5.41, 5.74) is 0.440. The largest absolute Gasteiger partial charge is 0.465 e. The zero-order valence-electron chi connectivity index (χ0n) is 19.5. The van der Waals surface area contributed by atoms with Gasteiger partial charge in [0.05, 0.1) is 19.1 Å². The van der Waals surface area contributed by atoms with E-state index in [1.165, 1.54) is 51.4 Å². The van der Waals surface area contributed by atoms with Gasteiger partial charge in [-0.05, 0) is 88.9 Å².